The Morgan fingerprint density at radius 3 is 2.39 bits per heavy atom. The van der Waals surface area contributed by atoms with Crippen LogP contribution in [0.15, 0.2) is 42.5 Å². The monoisotopic (exact) mass is 264 g/mol. The van der Waals surface area contributed by atoms with Gasteiger partial charge in [-0.3, -0.25) is 5.41 Å². The molecular weight excluding hydrogens is 255 g/mol. The molecule has 5 heteroatoms. The molecule has 0 bridgehead atoms. The number of hydrogen-bond donors (Lipinski definition) is 2. The van der Waals surface area contributed by atoms with Crippen molar-refractivity contribution < 1.29 is 9.13 Å². The van der Waals surface area contributed by atoms with Crippen LogP contribution in [0.4, 0.5) is 4.39 Å². The zero-order valence-electron chi connectivity index (χ0n) is 9.28. The average Bonchev–Trinajstić information content (AvgIpc) is 2.33. The lowest BCUT2D eigenvalue weighted by atomic mass is 10.2. The Morgan fingerprint density at radius 2 is 1.83 bits per heavy atom. The van der Waals surface area contributed by atoms with Crippen LogP contribution in [-0.2, 0) is 0 Å². The lowest BCUT2D eigenvalue weighted by Gasteiger charge is -2.08. The van der Waals surface area contributed by atoms with Gasteiger partial charge in [0, 0.05) is 5.56 Å². The van der Waals surface area contributed by atoms with E-state index in [1.165, 1.54) is 18.2 Å². The third-order valence-electron chi connectivity index (χ3n) is 2.29. The van der Waals surface area contributed by atoms with Gasteiger partial charge in [-0.2, -0.15) is 0 Å². The third kappa shape index (κ3) is 2.78. The molecule has 0 saturated carbocycles. The van der Waals surface area contributed by atoms with Crippen LogP contribution in [0.25, 0.3) is 0 Å². The standard InChI is InChI=1S/C13H10ClFN2O/c14-11-7-9(15)3-6-12(11)18-10-4-1-8(2-5-10)13(16)17/h1-7H,(H3,16,17). The molecule has 0 unspecified atom stereocenters. The van der Waals surface area contributed by atoms with E-state index in [0.717, 1.165) is 0 Å². The van der Waals surface area contributed by atoms with Crippen molar-refractivity contribution >= 4 is 17.4 Å². The predicted molar refractivity (Wildman–Crippen MR) is 68.9 cm³/mol. The highest BCUT2D eigenvalue weighted by atomic mass is 35.5. The van der Waals surface area contributed by atoms with Gasteiger partial charge in [0.1, 0.15) is 23.2 Å². The molecule has 0 aliphatic rings. The SMILES string of the molecule is N=C(N)c1ccc(Oc2ccc(F)cc2Cl)cc1. The molecule has 3 N–H and O–H groups in total. The first kappa shape index (κ1) is 12.4. The van der Waals surface area contributed by atoms with Crippen LogP contribution in [0.5, 0.6) is 11.5 Å². The molecule has 0 fully saturated rings. The van der Waals surface area contributed by atoms with E-state index in [0.29, 0.717) is 17.1 Å². The topological polar surface area (TPSA) is 59.1 Å². The Labute approximate surface area is 108 Å². The molecule has 2 rings (SSSR count). The van der Waals surface area contributed by atoms with Crippen molar-refractivity contribution in [2.45, 2.75) is 0 Å². The van der Waals surface area contributed by atoms with E-state index in [2.05, 4.69) is 0 Å². The number of hydrogen-bond acceptors (Lipinski definition) is 2. The number of nitrogens with one attached hydrogen (secondary N) is 1. The molecule has 3 nitrogen and oxygen atoms in total. The fraction of sp³-hybridized carbons (Fsp3) is 0. The molecule has 0 aliphatic carbocycles. The summed E-state index contributed by atoms with van der Waals surface area (Å²) in [5, 5.41) is 7.46. The maximum Gasteiger partial charge on any atom is 0.146 e. The number of rotatable bonds is 3. The van der Waals surface area contributed by atoms with Crippen LogP contribution < -0.4 is 10.5 Å². The summed E-state index contributed by atoms with van der Waals surface area (Å²) in [6, 6.07) is 10.6. The zero-order valence-corrected chi connectivity index (χ0v) is 10.0. The highest BCUT2D eigenvalue weighted by Gasteiger charge is 2.05. The lowest BCUT2D eigenvalue weighted by molar-refractivity contribution is 0.481. The molecule has 2 aromatic carbocycles. The van der Waals surface area contributed by atoms with Crippen molar-refractivity contribution in [3.63, 3.8) is 0 Å². The lowest BCUT2D eigenvalue weighted by Crippen LogP contribution is -2.10. The van der Waals surface area contributed by atoms with Gasteiger partial charge < -0.3 is 10.5 Å². The largest absolute Gasteiger partial charge is 0.456 e. The van der Waals surface area contributed by atoms with Gasteiger partial charge in [0.15, 0.2) is 0 Å². The Balaban J connectivity index is 2.21. The van der Waals surface area contributed by atoms with Gasteiger partial charge >= 0.3 is 0 Å². The van der Waals surface area contributed by atoms with Crippen molar-refractivity contribution in [2.24, 2.45) is 5.73 Å². The molecule has 0 saturated heterocycles. The van der Waals surface area contributed by atoms with Gasteiger partial charge in [0.2, 0.25) is 0 Å². The molecule has 2 aromatic rings. The summed E-state index contributed by atoms with van der Waals surface area (Å²) in [6.45, 7) is 0. The fourth-order valence-corrected chi connectivity index (χ4v) is 1.59. The maximum absolute atomic E-state index is 12.9. The van der Waals surface area contributed by atoms with Gasteiger partial charge in [-0.05, 0) is 42.5 Å². The molecule has 0 aliphatic heterocycles. The van der Waals surface area contributed by atoms with Crippen LogP contribution in [0, 0.1) is 11.2 Å². The highest BCUT2D eigenvalue weighted by molar-refractivity contribution is 6.32. The number of benzene rings is 2. The van der Waals surface area contributed by atoms with Crippen molar-refractivity contribution in [3.05, 3.63) is 58.9 Å². The summed E-state index contributed by atoms with van der Waals surface area (Å²) in [5.41, 5.74) is 5.94. The van der Waals surface area contributed by atoms with Crippen LogP contribution >= 0.6 is 11.6 Å². The first-order valence-electron chi connectivity index (χ1n) is 5.13. The minimum absolute atomic E-state index is 0.0126. The summed E-state index contributed by atoms with van der Waals surface area (Å²) in [6.07, 6.45) is 0. The van der Waals surface area contributed by atoms with E-state index in [-0.39, 0.29) is 10.9 Å². The van der Waals surface area contributed by atoms with E-state index in [1.54, 1.807) is 24.3 Å². The number of nitrogen functional groups attached to an aromatic ring is 1. The molecule has 18 heavy (non-hydrogen) atoms. The Hall–Kier alpha value is -2.07. The normalized spacial score (nSPS) is 10.1. The van der Waals surface area contributed by atoms with E-state index in [9.17, 15) is 4.39 Å². The first-order chi connectivity index (χ1) is 8.56. The van der Waals surface area contributed by atoms with Crippen LogP contribution in [-0.4, -0.2) is 5.84 Å². The van der Waals surface area contributed by atoms with Gasteiger partial charge in [0.25, 0.3) is 0 Å². The minimum Gasteiger partial charge on any atom is -0.456 e. The summed E-state index contributed by atoms with van der Waals surface area (Å²) >= 11 is 5.84. The summed E-state index contributed by atoms with van der Waals surface area (Å²) in [4.78, 5) is 0. The van der Waals surface area contributed by atoms with Gasteiger partial charge in [-0.1, -0.05) is 11.6 Å². The average molecular weight is 265 g/mol. The molecule has 0 spiro atoms. The maximum atomic E-state index is 12.9. The summed E-state index contributed by atoms with van der Waals surface area (Å²) in [7, 11) is 0. The molecule has 0 amide bonds. The Kier molecular flexibility index (Phi) is 3.48. The van der Waals surface area contributed by atoms with Crippen LogP contribution in [0.2, 0.25) is 5.02 Å². The zero-order chi connectivity index (χ0) is 13.1. The minimum atomic E-state index is -0.417. The second-order valence-electron chi connectivity index (χ2n) is 3.61. The van der Waals surface area contributed by atoms with Gasteiger partial charge in [-0.15, -0.1) is 0 Å². The van der Waals surface area contributed by atoms with Crippen LogP contribution in [0.3, 0.4) is 0 Å². The Morgan fingerprint density at radius 1 is 1.17 bits per heavy atom. The fourth-order valence-electron chi connectivity index (χ4n) is 1.39. The van der Waals surface area contributed by atoms with E-state index in [4.69, 9.17) is 27.5 Å². The van der Waals surface area contributed by atoms with Crippen LogP contribution in [0.1, 0.15) is 5.56 Å². The Bertz CT molecular complexity index is 584. The quantitative estimate of drug-likeness (QED) is 0.658. The van der Waals surface area contributed by atoms with Crippen molar-refractivity contribution in [1.82, 2.24) is 0 Å². The number of halogens is 2. The second-order valence-corrected chi connectivity index (χ2v) is 4.02. The molecule has 0 atom stereocenters. The van der Waals surface area contributed by atoms with E-state index >= 15 is 0 Å². The van der Waals surface area contributed by atoms with Crippen molar-refractivity contribution in [2.75, 3.05) is 0 Å². The first-order valence-corrected chi connectivity index (χ1v) is 5.51. The second kappa shape index (κ2) is 5.06. The molecule has 92 valence electrons. The molecule has 0 heterocycles. The smallest absolute Gasteiger partial charge is 0.146 e. The van der Waals surface area contributed by atoms with Gasteiger partial charge in [0.05, 0.1) is 5.02 Å². The predicted octanol–water partition coefficient (Wildman–Crippen LogP) is 3.56. The van der Waals surface area contributed by atoms with E-state index in [1.807, 2.05) is 0 Å². The molecule has 0 radical (unpaired) electrons. The number of nitrogens with two attached hydrogens (primary N) is 1. The van der Waals surface area contributed by atoms with E-state index < -0.39 is 5.82 Å². The summed E-state index contributed by atoms with van der Waals surface area (Å²) < 4.78 is 18.3. The molecule has 0 aromatic heterocycles. The highest BCUT2D eigenvalue weighted by Crippen LogP contribution is 2.29. The number of amidine groups is 1. The van der Waals surface area contributed by atoms with Crippen molar-refractivity contribution in [3.8, 4) is 11.5 Å². The molecular formula is C13H10ClFN2O. The summed E-state index contributed by atoms with van der Waals surface area (Å²) in [5.74, 6) is 0.475. The third-order valence-corrected chi connectivity index (χ3v) is 2.58. The van der Waals surface area contributed by atoms with Gasteiger partial charge in [-0.25, -0.2) is 4.39 Å². The van der Waals surface area contributed by atoms with Crippen molar-refractivity contribution in [1.29, 1.82) is 5.41 Å². The number of ether oxygens (including phenoxy) is 1.